The Morgan fingerprint density at radius 3 is 2.93 bits per heavy atom. The zero-order valence-corrected chi connectivity index (χ0v) is 17.3. The number of thiophene rings is 1. The highest BCUT2D eigenvalue weighted by Crippen LogP contribution is 2.31. The van der Waals surface area contributed by atoms with Gasteiger partial charge < -0.3 is 15.0 Å². The van der Waals surface area contributed by atoms with Crippen LogP contribution in [0.5, 0.6) is 0 Å². The largest absolute Gasteiger partial charge is 0.383 e. The van der Waals surface area contributed by atoms with E-state index in [0.717, 1.165) is 27.7 Å². The summed E-state index contributed by atoms with van der Waals surface area (Å²) in [5.74, 6) is -0.186. The Labute approximate surface area is 171 Å². The lowest BCUT2D eigenvalue weighted by Crippen LogP contribution is -2.53. The molecule has 0 aromatic carbocycles. The number of pyridine rings is 1. The van der Waals surface area contributed by atoms with E-state index in [1.165, 1.54) is 17.4 Å². The molecule has 0 aliphatic carbocycles. The van der Waals surface area contributed by atoms with Crippen LogP contribution in [0, 0.1) is 12.7 Å². The lowest BCUT2D eigenvalue weighted by Gasteiger charge is -2.40. The molecule has 1 amide bonds. The number of nitrogens with zero attached hydrogens (tertiary/aromatic N) is 4. The summed E-state index contributed by atoms with van der Waals surface area (Å²) >= 11 is 1.51. The van der Waals surface area contributed by atoms with E-state index in [0.29, 0.717) is 30.4 Å². The van der Waals surface area contributed by atoms with E-state index < -0.39 is 5.82 Å². The van der Waals surface area contributed by atoms with E-state index in [2.05, 4.69) is 20.3 Å². The number of ether oxygens (including phenoxy) is 1. The Balaban J connectivity index is 1.66. The van der Waals surface area contributed by atoms with Gasteiger partial charge in [-0.3, -0.25) is 9.78 Å². The highest BCUT2D eigenvalue weighted by Gasteiger charge is 2.34. The number of fused-ring (bicyclic) bond motifs is 1. The fraction of sp³-hybridized carbons (Fsp3) is 0.400. The summed E-state index contributed by atoms with van der Waals surface area (Å²) in [6.45, 7) is 5.05. The predicted molar refractivity (Wildman–Crippen MR) is 110 cm³/mol. The highest BCUT2D eigenvalue weighted by molar-refractivity contribution is 7.19. The number of nitrogens with one attached hydrogen (secondary N) is 1. The normalized spacial score (nSPS) is 17.2. The van der Waals surface area contributed by atoms with Gasteiger partial charge in [-0.2, -0.15) is 0 Å². The van der Waals surface area contributed by atoms with Gasteiger partial charge in [0.15, 0.2) is 5.69 Å². The number of carbonyl (C=O) groups excluding carboxylic acids is 1. The molecule has 9 heteroatoms. The molecule has 7 nitrogen and oxygen atoms in total. The molecule has 4 rings (SSSR count). The van der Waals surface area contributed by atoms with E-state index >= 15 is 0 Å². The zero-order chi connectivity index (χ0) is 20.5. The van der Waals surface area contributed by atoms with Gasteiger partial charge >= 0.3 is 0 Å². The van der Waals surface area contributed by atoms with Gasteiger partial charge in [0.25, 0.3) is 5.91 Å². The SMILES string of the molecule is COC[C@@H]1CCN1C(=O)c1nc(N[C@@H](C)c2cncc(F)c2)nc2cc(C)sc12. The summed E-state index contributed by atoms with van der Waals surface area (Å²) in [4.78, 5) is 29.0. The van der Waals surface area contributed by atoms with Crippen LogP contribution in [-0.4, -0.2) is 52.1 Å². The molecule has 0 bridgehead atoms. The van der Waals surface area contributed by atoms with Crippen LogP contribution in [0.2, 0.25) is 0 Å². The molecule has 1 N–H and O–H groups in total. The van der Waals surface area contributed by atoms with Gasteiger partial charge in [0, 0.05) is 24.7 Å². The third kappa shape index (κ3) is 3.92. The molecule has 0 unspecified atom stereocenters. The molecule has 1 saturated heterocycles. The molecule has 3 aromatic rings. The van der Waals surface area contributed by atoms with Gasteiger partial charge in [-0.25, -0.2) is 14.4 Å². The maximum atomic E-state index is 13.5. The Morgan fingerprint density at radius 2 is 2.24 bits per heavy atom. The van der Waals surface area contributed by atoms with Crippen molar-refractivity contribution in [2.24, 2.45) is 0 Å². The van der Waals surface area contributed by atoms with E-state index in [1.807, 2.05) is 19.9 Å². The number of aryl methyl sites for hydroxylation is 1. The van der Waals surface area contributed by atoms with Crippen LogP contribution in [-0.2, 0) is 4.74 Å². The summed E-state index contributed by atoms with van der Waals surface area (Å²) in [7, 11) is 1.64. The molecule has 1 aliphatic heterocycles. The number of methoxy groups -OCH3 is 1. The number of carbonyl (C=O) groups is 1. The minimum Gasteiger partial charge on any atom is -0.383 e. The molecule has 0 saturated carbocycles. The minimum atomic E-state index is -0.404. The van der Waals surface area contributed by atoms with Crippen molar-refractivity contribution in [2.45, 2.75) is 32.4 Å². The quantitative estimate of drug-likeness (QED) is 0.663. The van der Waals surface area contributed by atoms with Gasteiger partial charge in [0.2, 0.25) is 5.95 Å². The number of halogens is 1. The molecule has 3 aromatic heterocycles. The second-order valence-electron chi connectivity index (χ2n) is 7.17. The Morgan fingerprint density at radius 1 is 1.41 bits per heavy atom. The van der Waals surface area contributed by atoms with Crippen molar-refractivity contribution in [1.82, 2.24) is 19.9 Å². The lowest BCUT2D eigenvalue weighted by atomic mass is 10.0. The first-order chi connectivity index (χ1) is 14.0. The smallest absolute Gasteiger partial charge is 0.274 e. The number of anilines is 1. The van der Waals surface area contributed by atoms with Crippen molar-refractivity contribution in [3.8, 4) is 0 Å². The Bertz CT molecular complexity index is 1060. The van der Waals surface area contributed by atoms with Gasteiger partial charge in [0.05, 0.1) is 35.1 Å². The molecule has 1 fully saturated rings. The van der Waals surface area contributed by atoms with Crippen LogP contribution in [0.3, 0.4) is 0 Å². The number of amides is 1. The summed E-state index contributed by atoms with van der Waals surface area (Å²) in [5.41, 5.74) is 1.79. The van der Waals surface area contributed by atoms with Crippen molar-refractivity contribution in [1.29, 1.82) is 0 Å². The van der Waals surface area contributed by atoms with Crippen molar-refractivity contribution >= 4 is 33.4 Å². The van der Waals surface area contributed by atoms with Crippen molar-refractivity contribution in [3.05, 3.63) is 46.5 Å². The maximum Gasteiger partial charge on any atom is 0.274 e. The topological polar surface area (TPSA) is 80.2 Å². The van der Waals surface area contributed by atoms with E-state index in [9.17, 15) is 9.18 Å². The first-order valence-electron chi connectivity index (χ1n) is 9.41. The minimum absolute atomic E-state index is 0.0762. The third-order valence-corrected chi connectivity index (χ3v) is 6.08. The molecular weight excluding hydrogens is 393 g/mol. The summed E-state index contributed by atoms with van der Waals surface area (Å²) in [5, 5.41) is 3.17. The third-order valence-electron chi connectivity index (χ3n) is 5.03. The molecular formula is C20H22FN5O2S. The van der Waals surface area contributed by atoms with Gasteiger partial charge in [-0.1, -0.05) is 0 Å². The standard InChI is InChI=1S/C20H22FN5O2S/c1-11-6-16-18(29-11)17(19(27)26-5-4-15(26)10-28-3)25-20(24-16)23-12(2)13-7-14(21)9-22-8-13/h6-9,12,15H,4-5,10H2,1-3H3,(H,23,24,25)/t12-,15-/m0/s1. The fourth-order valence-electron chi connectivity index (χ4n) is 3.41. The van der Waals surface area contributed by atoms with E-state index in [4.69, 9.17) is 4.74 Å². The van der Waals surface area contributed by atoms with Gasteiger partial charge in [-0.15, -0.1) is 11.3 Å². The van der Waals surface area contributed by atoms with Gasteiger partial charge in [0.1, 0.15) is 5.82 Å². The van der Waals surface area contributed by atoms with Crippen molar-refractivity contribution in [2.75, 3.05) is 25.6 Å². The van der Waals surface area contributed by atoms with Crippen molar-refractivity contribution < 1.29 is 13.9 Å². The summed E-state index contributed by atoms with van der Waals surface area (Å²) in [6, 6.07) is 3.16. The highest BCUT2D eigenvalue weighted by atomic mass is 32.1. The fourth-order valence-corrected chi connectivity index (χ4v) is 4.34. The monoisotopic (exact) mass is 415 g/mol. The van der Waals surface area contributed by atoms with Crippen molar-refractivity contribution in [3.63, 3.8) is 0 Å². The van der Waals surface area contributed by atoms with Crippen LogP contribution < -0.4 is 5.32 Å². The molecule has 0 spiro atoms. The molecule has 4 heterocycles. The second-order valence-corrected chi connectivity index (χ2v) is 8.42. The van der Waals surface area contributed by atoms with Crippen LogP contribution in [0.4, 0.5) is 10.3 Å². The first kappa shape index (κ1) is 19.7. The van der Waals surface area contributed by atoms with Crippen LogP contribution in [0.15, 0.2) is 24.5 Å². The molecule has 29 heavy (non-hydrogen) atoms. The van der Waals surface area contributed by atoms with Gasteiger partial charge in [-0.05, 0) is 38.0 Å². The predicted octanol–water partition coefficient (Wildman–Crippen LogP) is 3.57. The average Bonchev–Trinajstić information content (AvgIpc) is 3.04. The number of hydrogen-bond acceptors (Lipinski definition) is 7. The number of aromatic nitrogens is 3. The summed E-state index contributed by atoms with van der Waals surface area (Å²) < 4.78 is 19.5. The molecule has 1 aliphatic rings. The Kier molecular flexibility index (Phi) is 5.42. The Hall–Kier alpha value is -2.65. The van der Waals surface area contributed by atoms with Crippen LogP contribution in [0.1, 0.15) is 40.3 Å². The van der Waals surface area contributed by atoms with E-state index in [-0.39, 0.29) is 18.0 Å². The maximum absolute atomic E-state index is 13.5. The second kappa shape index (κ2) is 8.00. The number of hydrogen-bond donors (Lipinski definition) is 1. The molecule has 0 radical (unpaired) electrons. The summed E-state index contributed by atoms with van der Waals surface area (Å²) in [6.07, 6.45) is 3.68. The van der Waals surface area contributed by atoms with Crippen LogP contribution >= 0.6 is 11.3 Å². The van der Waals surface area contributed by atoms with E-state index in [1.54, 1.807) is 18.2 Å². The number of likely N-dealkylation sites (tertiary alicyclic amines) is 1. The molecule has 152 valence electrons. The zero-order valence-electron chi connectivity index (χ0n) is 16.5. The molecule has 2 atom stereocenters. The average molecular weight is 415 g/mol. The number of rotatable bonds is 6. The lowest BCUT2D eigenvalue weighted by molar-refractivity contribution is 0.0199. The first-order valence-corrected chi connectivity index (χ1v) is 10.2. The van der Waals surface area contributed by atoms with Crippen LogP contribution in [0.25, 0.3) is 10.2 Å².